The fourth-order valence-corrected chi connectivity index (χ4v) is 3.14. The van der Waals surface area contributed by atoms with E-state index in [4.69, 9.17) is 0 Å². The Kier molecular flexibility index (Phi) is 5.03. The Balaban J connectivity index is 1.56. The quantitative estimate of drug-likeness (QED) is 0.670. The van der Waals surface area contributed by atoms with Gasteiger partial charge in [0.15, 0.2) is 5.16 Å². The Labute approximate surface area is 145 Å². The molecule has 1 amide bonds. The minimum atomic E-state index is -0.0937. The molecule has 0 aromatic carbocycles. The predicted molar refractivity (Wildman–Crippen MR) is 94.5 cm³/mol. The lowest BCUT2D eigenvalue weighted by molar-refractivity contribution is 0.0925. The molecule has 0 atom stereocenters. The number of rotatable bonds is 4. The molecule has 0 bridgehead atoms. The molecule has 24 heavy (non-hydrogen) atoms. The van der Waals surface area contributed by atoms with Gasteiger partial charge in [0.05, 0.1) is 0 Å². The SMILES string of the molecule is CSc1nccc(N2CCC(NC(=O)c3cc(C)n(C)n3)CC2)n1. The zero-order chi connectivity index (χ0) is 17.1. The third-order valence-corrected chi connectivity index (χ3v) is 4.86. The number of hydrogen-bond donors (Lipinski definition) is 1. The standard InChI is InChI=1S/C16H22N6OS/c1-11-10-13(20-21(11)2)15(23)18-12-5-8-22(9-6-12)14-4-7-17-16(19-14)24-3/h4,7,10,12H,5-6,8-9H2,1-3H3,(H,18,23). The molecule has 0 unspecified atom stereocenters. The van der Waals surface area contributed by atoms with E-state index < -0.39 is 0 Å². The second-order valence-electron chi connectivity index (χ2n) is 5.93. The number of nitrogens with zero attached hydrogens (tertiary/aromatic N) is 5. The highest BCUT2D eigenvalue weighted by atomic mass is 32.2. The fraction of sp³-hybridized carbons (Fsp3) is 0.500. The number of aryl methyl sites for hydroxylation is 2. The Morgan fingerprint density at radius 1 is 1.38 bits per heavy atom. The molecule has 3 rings (SSSR count). The maximum absolute atomic E-state index is 12.3. The molecule has 1 aliphatic rings. The van der Waals surface area contributed by atoms with E-state index in [0.717, 1.165) is 42.6 Å². The average Bonchev–Trinajstić information content (AvgIpc) is 2.95. The Morgan fingerprint density at radius 3 is 2.75 bits per heavy atom. The van der Waals surface area contributed by atoms with Crippen LogP contribution in [-0.4, -0.2) is 51.0 Å². The number of aromatic nitrogens is 4. The van der Waals surface area contributed by atoms with Crippen LogP contribution in [0.3, 0.4) is 0 Å². The number of thioether (sulfide) groups is 1. The van der Waals surface area contributed by atoms with Crippen molar-refractivity contribution in [3.05, 3.63) is 29.7 Å². The van der Waals surface area contributed by atoms with E-state index >= 15 is 0 Å². The molecule has 2 aromatic heterocycles. The summed E-state index contributed by atoms with van der Waals surface area (Å²) in [5.41, 5.74) is 1.46. The smallest absolute Gasteiger partial charge is 0.272 e. The van der Waals surface area contributed by atoms with Gasteiger partial charge < -0.3 is 10.2 Å². The molecular weight excluding hydrogens is 324 g/mol. The molecule has 0 radical (unpaired) electrons. The zero-order valence-corrected chi connectivity index (χ0v) is 15.0. The van der Waals surface area contributed by atoms with Crippen LogP contribution in [0.5, 0.6) is 0 Å². The van der Waals surface area contributed by atoms with Crippen molar-refractivity contribution in [3.63, 3.8) is 0 Å². The van der Waals surface area contributed by atoms with E-state index in [9.17, 15) is 4.79 Å². The molecule has 1 saturated heterocycles. The molecule has 1 fully saturated rings. The highest BCUT2D eigenvalue weighted by molar-refractivity contribution is 7.98. The summed E-state index contributed by atoms with van der Waals surface area (Å²) in [6, 6.07) is 3.93. The molecule has 0 saturated carbocycles. The van der Waals surface area contributed by atoms with Crippen molar-refractivity contribution in [3.8, 4) is 0 Å². The minimum Gasteiger partial charge on any atom is -0.356 e. The van der Waals surface area contributed by atoms with Gasteiger partial charge in [-0.2, -0.15) is 5.10 Å². The third-order valence-electron chi connectivity index (χ3n) is 4.30. The van der Waals surface area contributed by atoms with Crippen molar-refractivity contribution >= 4 is 23.5 Å². The van der Waals surface area contributed by atoms with E-state index in [1.54, 1.807) is 22.6 Å². The van der Waals surface area contributed by atoms with E-state index in [-0.39, 0.29) is 11.9 Å². The van der Waals surface area contributed by atoms with Gasteiger partial charge in [0.25, 0.3) is 5.91 Å². The number of carbonyl (C=O) groups is 1. The van der Waals surface area contributed by atoms with E-state index in [1.165, 1.54) is 0 Å². The first-order valence-electron chi connectivity index (χ1n) is 8.00. The van der Waals surface area contributed by atoms with E-state index in [0.29, 0.717) is 5.69 Å². The molecule has 0 aliphatic carbocycles. The monoisotopic (exact) mass is 346 g/mol. The molecule has 1 N–H and O–H groups in total. The molecular formula is C16H22N6OS. The van der Waals surface area contributed by atoms with Crippen LogP contribution in [-0.2, 0) is 7.05 Å². The fourth-order valence-electron chi connectivity index (χ4n) is 2.79. The van der Waals surface area contributed by atoms with Crippen molar-refractivity contribution in [2.75, 3.05) is 24.2 Å². The first-order valence-corrected chi connectivity index (χ1v) is 9.23. The van der Waals surface area contributed by atoms with Crippen LogP contribution in [0.4, 0.5) is 5.82 Å². The topological polar surface area (TPSA) is 75.9 Å². The minimum absolute atomic E-state index is 0.0937. The average molecular weight is 346 g/mol. The Hall–Kier alpha value is -2.09. The summed E-state index contributed by atoms with van der Waals surface area (Å²) in [6.07, 6.45) is 5.57. The van der Waals surface area contributed by atoms with Crippen LogP contribution in [0.2, 0.25) is 0 Å². The first-order chi connectivity index (χ1) is 11.6. The molecule has 7 nitrogen and oxygen atoms in total. The lowest BCUT2D eigenvalue weighted by Crippen LogP contribution is -2.45. The van der Waals surface area contributed by atoms with Crippen LogP contribution < -0.4 is 10.2 Å². The van der Waals surface area contributed by atoms with Gasteiger partial charge >= 0.3 is 0 Å². The molecule has 128 valence electrons. The van der Waals surface area contributed by atoms with Gasteiger partial charge in [-0.3, -0.25) is 9.48 Å². The number of amides is 1. The number of anilines is 1. The summed E-state index contributed by atoms with van der Waals surface area (Å²) < 4.78 is 1.72. The highest BCUT2D eigenvalue weighted by Gasteiger charge is 2.23. The molecule has 3 heterocycles. The van der Waals surface area contributed by atoms with Gasteiger partial charge in [0.2, 0.25) is 0 Å². The number of nitrogens with one attached hydrogen (secondary N) is 1. The normalized spacial score (nSPS) is 15.5. The summed E-state index contributed by atoms with van der Waals surface area (Å²) in [5, 5.41) is 8.11. The van der Waals surface area contributed by atoms with E-state index in [2.05, 4.69) is 25.3 Å². The summed E-state index contributed by atoms with van der Waals surface area (Å²) >= 11 is 1.54. The predicted octanol–water partition coefficient (Wildman–Crippen LogP) is 1.64. The van der Waals surface area contributed by atoms with Crippen molar-refractivity contribution in [2.45, 2.75) is 31.0 Å². The van der Waals surface area contributed by atoms with Crippen LogP contribution >= 0.6 is 11.8 Å². The first kappa shape index (κ1) is 16.8. The van der Waals surface area contributed by atoms with Crippen LogP contribution in [0.15, 0.2) is 23.5 Å². The molecule has 8 heteroatoms. The van der Waals surface area contributed by atoms with Crippen LogP contribution in [0.1, 0.15) is 29.0 Å². The number of hydrogen-bond acceptors (Lipinski definition) is 6. The van der Waals surface area contributed by atoms with Crippen molar-refractivity contribution in [1.29, 1.82) is 0 Å². The largest absolute Gasteiger partial charge is 0.356 e. The van der Waals surface area contributed by atoms with Gasteiger partial charge in [0.1, 0.15) is 11.5 Å². The van der Waals surface area contributed by atoms with Gasteiger partial charge in [-0.05, 0) is 38.2 Å². The Bertz CT molecular complexity index is 704. The van der Waals surface area contributed by atoms with Gasteiger partial charge in [-0.25, -0.2) is 9.97 Å². The number of carbonyl (C=O) groups excluding carboxylic acids is 1. The summed E-state index contributed by atoms with van der Waals surface area (Å²) in [4.78, 5) is 23.3. The van der Waals surface area contributed by atoms with Crippen molar-refractivity contribution in [2.24, 2.45) is 7.05 Å². The highest BCUT2D eigenvalue weighted by Crippen LogP contribution is 2.20. The number of piperidine rings is 1. The maximum Gasteiger partial charge on any atom is 0.272 e. The van der Waals surface area contributed by atoms with Gasteiger partial charge in [-0.15, -0.1) is 0 Å². The van der Waals surface area contributed by atoms with Crippen molar-refractivity contribution in [1.82, 2.24) is 25.1 Å². The zero-order valence-electron chi connectivity index (χ0n) is 14.2. The van der Waals surface area contributed by atoms with Gasteiger partial charge in [-0.1, -0.05) is 11.8 Å². The van der Waals surface area contributed by atoms with Gasteiger partial charge in [0, 0.05) is 38.1 Å². The lowest BCUT2D eigenvalue weighted by Gasteiger charge is -2.33. The third kappa shape index (κ3) is 3.69. The van der Waals surface area contributed by atoms with Crippen LogP contribution in [0, 0.1) is 6.92 Å². The molecule has 2 aromatic rings. The second-order valence-corrected chi connectivity index (χ2v) is 6.70. The summed E-state index contributed by atoms with van der Waals surface area (Å²) in [6.45, 7) is 3.68. The summed E-state index contributed by atoms with van der Waals surface area (Å²) in [5.74, 6) is 0.864. The van der Waals surface area contributed by atoms with Crippen molar-refractivity contribution < 1.29 is 4.79 Å². The van der Waals surface area contributed by atoms with E-state index in [1.807, 2.05) is 32.4 Å². The molecule has 1 aliphatic heterocycles. The second kappa shape index (κ2) is 7.21. The Morgan fingerprint density at radius 2 is 2.12 bits per heavy atom. The van der Waals surface area contributed by atoms with Crippen LogP contribution in [0.25, 0.3) is 0 Å². The lowest BCUT2D eigenvalue weighted by atomic mass is 10.0. The molecule has 0 spiro atoms. The maximum atomic E-state index is 12.3. The summed E-state index contributed by atoms with van der Waals surface area (Å²) in [7, 11) is 1.84.